The molecule has 1 aromatic rings. The Morgan fingerprint density at radius 3 is 3.15 bits per heavy atom. The highest BCUT2D eigenvalue weighted by atomic mass is 16.1. The monoisotopic (exact) mass is 180 g/mol. The summed E-state index contributed by atoms with van der Waals surface area (Å²) < 4.78 is 1.68. The third kappa shape index (κ3) is 2.70. The first-order chi connectivity index (χ1) is 6.24. The van der Waals surface area contributed by atoms with E-state index in [1.807, 2.05) is 6.92 Å². The van der Waals surface area contributed by atoms with Crippen LogP contribution in [-0.4, -0.2) is 27.4 Å². The summed E-state index contributed by atoms with van der Waals surface area (Å²) in [6.07, 6.45) is 4.60. The van der Waals surface area contributed by atoms with Crippen LogP contribution in [0.1, 0.15) is 13.0 Å². The van der Waals surface area contributed by atoms with Crippen molar-refractivity contribution in [3.63, 3.8) is 0 Å². The molecule has 0 saturated carbocycles. The quantitative estimate of drug-likeness (QED) is 0.670. The van der Waals surface area contributed by atoms with Crippen molar-refractivity contribution < 1.29 is 4.79 Å². The van der Waals surface area contributed by atoms with Gasteiger partial charge in [0.1, 0.15) is 0 Å². The van der Waals surface area contributed by atoms with E-state index in [0.717, 1.165) is 0 Å². The number of hydrogen-bond donors (Lipinski definition) is 1. The van der Waals surface area contributed by atoms with Crippen LogP contribution in [0, 0.1) is 0 Å². The zero-order valence-electron chi connectivity index (χ0n) is 7.47. The smallest absolute Gasteiger partial charge is 0.243 e. The van der Waals surface area contributed by atoms with E-state index in [4.69, 9.17) is 0 Å². The van der Waals surface area contributed by atoms with E-state index in [1.54, 1.807) is 17.1 Å². The third-order valence-corrected chi connectivity index (χ3v) is 1.65. The molecule has 5 heteroatoms. The molecule has 1 heterocycles. The van der Waals surface area contributed by atoms with Gasteiger partial charge < -0.3 is 5.32 Å². The Bertz CT molecular complexity index is 280. The number of amides is 1. The summed E-state index contributed by atoms with van der Waals surface area (Å²) in [4.78, 5) is 10.8. The summed E-state index contributed by atoms with van der Waals surface area (Å²) in [5.41, 5.74) is 0. The first kappa shape index (κ1) is 9.44. The maximum absolute atomic E-state index is 10.8. The molecule has 1 rings (SSSR count). The highest BCUT2D eigenvalue weighted by Crippen LogP contribution is 1.98. The van der Waals surface area contributed by atoms with E-state index in [2.05, 4.69) is 22.2 Å². The molecule has 70 valence electrons. The molecule has 1 N–H and O–H groups in total. The lowest BCUT2D eigenvalue weighted by Crippen LogP contribution is -2.28. The van der Waals surface area contributed by atoms with Crippen molar-refractivity contribution in [2.24, 2.45) is 0 Å². The van der Waals surface area contributed by atoms with Gasteiger partial charge in [-0.3, -0.25) is 4.79 Å². The molecule has 13 heavy (non-hydrogen) atoms. The Hall–Kier alpha value is -1.65. The Morgan fingerprint density at radius 2 is 2.62 bits per heavy atom. The van der Waals surface area contributed by atoms with Crippen LogP contribution >= 0.6 is 0 Å². The van der Waals surface area contributed by atoms with E-state index in [9.17, 15) is 4.79 Å². The fourth-order valence-electron chi connectivity index (χ4n) is 0.866. The lowest BCUT2D eigenvalue weighted by Gasteiger charge is -2.10. The molecule has 0 aliphatic carbocycles. The molecule has 1 amide bonds. The fourth-order valence-corrected chi connectivity index (χ4v) is 0.866. The van der Waals surface area contributed by atoms with Gasteiger partial charge in [-0.1, -0.05) is 11.8 Å². The van der Waals surface area contributed by atoms with E-state index in [1.165, 1.54) is 6.08 Å². The number of carbonyl (C=O) groups excluding carboxylic acids is 1. The van der Waals surface area contributed by atoms with Crippen LogP contribution in [0.25, 0.3) is 0 Å². The predicted molar refractivity (Wildman–Crippen MR) is 47.9 cm³/mol. The Balaban J connectivity index is 2.38. The van der Waals surface area contributed by atoms with Gasteiger partial charge >= 0.3 is 0 Å². The van der Waals surface area contributed by atoms with E-state index >= 15 is 0 Å². The largest absolute Gasteiger partial charge is 0.350 e. The summed E-state index contributed by atoms with van der Waals surface area (Å²) in [7, 11) is 0. The summed E-state index contributed by atoms with van der Waals surface area (Å²) in [5, 5.41) is 10.2. The van der Waals surface area contributed by atoms with Crippen LogP contribution in [0.5, 0.6) is 0 Å². The SMILES string of the molecule is C=CC(=O)NC[C@H](C)n1ccnn1. The molecule has 1 atom stereocenters. The van der Waals surface area contributed by atoms with Crippen LogP contribution in [0.3, 0.4) is 0 Å². The average molecular weight is 180 g/mol. The number of hydrogen-bond acceptors (Lipinski definition) is 3. The van der Waals surface area contributed by atoms with Crippen molar-refractivity contribution in [3.8, 4) is 0 Å². The molecule has 0 unspecified atom stereocenters. The zero-order chi connectivity index (χ0) is 9.68. The third-order valence-electron chi connectivity index (χ3n) is 1.65. The lowest BCUT2D eigenvalue weighted by molar-refractivity contribution is -0.116. The molecule has 0 saturated heterocycles. The zero-order valence-corrected chi connectivity index (χ0v) is 7.47. The average Bonchev–Trinajstić information content (AvgIpc) is 2.66. The van der Waals surface area contributed by atoms with Crippen LogP contribution < -0.4 is 5.32 Å². The Kier molecular flexibility index (Phi) is 3.19. The molecule has 0 spiro atoms. The minimum absolute atomic E-state index is 0.103. The molecule has 0 bridgehead atoms. The number of aromatic nitrogens is 3. The van der Waals surface area contributed by atoms with Crippen LogP contribution in [-0.2, 0) is 4.79 Å². The second-order valence-corrected chi connectivity index (χ2v) is 2.68. The van der Waals surface area contributed by atoms with Crippen LogP contribution in [0.4, 0.5) is 0 Å². The predicted octanol–water partition coefficient (Wildman–Crippen LogP) is 0.141. The summed E-state index contributed by atoms with van der Waals surface area (Å²) in [6.45, 7) is 5.82. The van der Waals surface area contributed by atoms with Gasteiger partial charge in [0.2, 0.25) is 5.91 Å². The van der Waals surface area contributed by atoms with Crippen molar-refractivity contribution in [1.82, 2.24) is 20.3 Å². The molecule has 0 fully saturated rings. The minimum atomic E-state index is -0.174. The second kappa shape index (κ2) is 4.39. The number of rotatable bonds is 4. The first-order valence-electron chi connectivity index (χ1n) is 4.00. The molecule has 0 aromatic carbocycles. The van der Waals surface area contributed by atoms with Gasteiger partial charge in [0, 0.05) is 12.7 Å². The molecule has 0 radical (unpaired) electrons. The van der Waals surface area contributed by atoms with Gasteiger partial charge in [-0.05, 0) is 13.0 Å². The number of nitrogens with zero attached hydrogens (tertiary/aromatic N) is 3. The summed E-state index contributed by atoms with van der Waals surface area (Å²) in [5.74, 6) is -0.174. The standard InChI is InChI=1S/C8H12N4O/c1-3-8(13)9-6-7(2)12-5-4-10-11-12/h3-5,7H,1,6H2,2H3,(H,9,13)/t7-/m0/s1. The first-order valence-corrected chi connectivity index (χ1v) is 4.00. The fraction of sp³-hybridized carbons (Fsp3) is 0.375. The van der Waals surface area contributed by atoms with E-state index < -0.39 is 0 Å². The van der Waals surface area contributed by atoms with Gasteiger partial charge in [0.05, 0.1) is 12.2 Å². The van der Waals surface area contributed by atoms with Crippen molar-refractivity contribution in [3.05, 3.63) is 25.0 Å². The maximum Gasteiger partial charge on any atom is 0.243 e. The van der Waals surface area contributed by atoms with E-state index in [0.29, 0.717) is 6.54 Å². The van der Waals surface area contributed by atoms with Crippen LogP contribution in [0.15, 0.2) is 25.0 Å². The highest BCUT2D eigenvalue weighted by Gasteiger charge is 2.04. The minimum Gasteiger partial charge on any atom is -0.350 e. The summed E-state index contributed by atoms with van der Waals surface area (Å²) >= 11 is 0. The number of carbonyl (C=O) groups is 1. The van der Waals surface area contributed by atoms with Crippen molar-refractivity contribution >= 4 is 5.91 Å². The maximum atomic E-state index is 10.8. The van der Waals surface area contributed by atoms with E-state index in [-0.39, 0.29) is 11.9 Å². The molecule has 0 aliphatic rings. The van der Waals surface area contributed by atoms with Crippen LogP contribution in [0.2, 0.25) is 0 Å². The van der Waals surface area contributed by atoms with Crippen molar-refractivity contribution in [1.29, 1.82) is 0 Å². The van der Waals surface area contributed by atoms with Crippen molar-refractivity contribution in [2.75, 3.05) is 6.54 Å². The van der Waals surface area contributed by atoms with Gasteiger partial charge in [-0.2, -0.15) is 0 Å². The lowest BCUT2D eigenvalue weighted by atomic mass is 10.3. The highest BCUT2D eigenvalue weighted by molar-refractivity contribution is 5.86. The molecule has 1 aromatic heterocycles. The number of nitrogens with one attached hydrogen (secondary N) is 1. The summed E-state index contributed by atoms with van der Waals surface area (Å²) in [6, 6.07) is 0.103. The van der Waals surface area contributed by atoms with Crippen molar-refractivity contribution in [2.45, 2.75) is 13.0 Å². The molecule has 0 aliphatic heterocycles. The van der Waals surface area contributed by atoms with Gasteiger partial charge in [-0.15, -0.1) is 5.10 Å². The Morgan fingerprint density at radius 1 is 1.85 bits per heavy atom. The van der Waals surface area contributed by atoms with Gasteiger partial charge in [-0.25, -0.2) is 4.68 Å². The normalized spacial score (nSPS) is 12.1. The van der Waals surface area contributed by atoms with Gasteiger partial charge in [0.25, 0.3) is 0 Å². The molecular formula is C8H12N4O. The Labute approximate surface area is 76.4 Å². The topological polar surface area (TPSA) is 59.8 Å². The molecular weight excluding hydrogens is 168 g/mol. The molecule has 5 nitrogen and oxygen atoms in total. The van der Waals surface area contributed by atoms with Gasteiger partial charge in [0.15, 0.2) is 0 Å². The second-order valence-electron chi connectivity index (χ2n) is 2.68.